The summed E-state index contributed by atoms with van der Waals surface area (Å²) in [4.78, 5) is 0. The van der Waals surface area contributed by atoms with E-state index in [4.69, 9.17) is 5.73 Å². The highest BCUT2D eigenvalue weighted by atomic mass is 19.4. The lowest BCUT2D eigenvalue weighted by molar-refractivity contribution is -0.137. The molecule has 0 radical (unpaired) electrons. The lowest BCUT2D eigenvalue weighted by Gasteiger charge is -2.14. The largest absolute Gasteiger partial charge is 0.418 e. The van der Waals surface area contributed by atoms with Gasteiger partial charge in [-0.3, -0.25) is 0 Å². The van der Waals surface area contributed by atoms with Crippen LogP contribution >= 0.6 is 0 Å². The number of hydrogen-bond donors (Lipinski definition) is 2. The number of nitrogens with one attached hydrogen (secondary N) is 1. The van der Waals surface area contributed by atoms with Gasteiger partial charge in [-0.05, 0) is 17.7 Å². The second kappa shape index (κ2) is 5.16. The van der Waals surface area contributed by atoms with Gasteiger partial charge in [-0.25, -0.2) is 4.39 Å². The van der Waals surface area contributed by atoms with Crippen molar-refractivity contribution in [3.05, 3.63) is 29.3 Å². The summed E-state index contributed by atoms with van der Waals surface area (Å²) in [5, 5.41) is 2.55. The van der Waals surface area contributed by atoms with Gasteiger partial charge in [0.05, 0.1) is 5.56 Å². The summed E-state index contributed by atoms with van der Waals surface area (Å²) in [5.74, 6) is 0. The molecule has 0 unspecified atom stereocenters. The molecule has 3 N–H and O–H groups in total. The third-order valence-electron chi connectivity index (χ3n) is 2.00. The second-order valence-corrected chi connectivity index (χ2v) is 3.23. The molecule has 0 bridgehead atoms. The van der Waals surface area contributed by atoms with Crippen LogP contribution in [0.15, 0.2) is 18.2 Å². The van der Waals surface area contributed by atoms with E-state index in [9.17, 15) is 17.6 Å². The highest BCUT2D eigenvalue weighted by molar-refractivity contribution is 5.54. The van der Waals surface area contributed by atoms with E-state index in [-0.39, 0.29) is 24.3 Å². The molecule has 16 heavy (non-hydrogen) atoms. The number of nitrogens with two attached hydrogens (primary N) is 1. The van der Waals surface area contributed by atoms with Crippen molar-refractivity contribution in [1.82, 2.24) is 0 Å². The van der Waals surface area contributed by atoms with Crippen molar-refractivity contribution >= 4 is 5.69 Å². The summed E-state index contributed by atoms with van der Waals surface area (Å²) in [6.07, 6.45) is -4.50. The molecule has 0 saturated carbocycles. The lowest BCUT2D eigenvalue weighted by atomic mass is 10.1. The van der Waals surface area contributed by atoms with Crippen LogP contribution in [-0.2, 0) is 12.9 Å². The molecule has 1 aromatic rings. The van der Waals surface area contributed by atoms with Crippen molar-refractivity contribution in [3.63, 3.8) is 0 Å². The first-order valence-electron chi connectivity index (χ1n) is 4.69. The fourth-order valence-corrected chi connectivity index (χ4v) is 1.27. The molecule has 2 nitrogen and oxygen atoms in total. The molecule has 0 fully saturated rings. The number of anilines is 1. The number of benzene rings is 1. The van der Waals surface area contributed by atoms with Gasteiger partial charge in [-0.1, -0.05) is 6.07 Å². The molecule has 0 aliphatic heterocycles. The normalized spacial score (nSPS) is 11.6. The van der Waals surface area contributed by atoms with Crippen molar-refractivity contribution in [3.8, 4) is 0 Å². The predicted molar refractivity (Wildman–Crippen MR) is 53.8 cm³/mol. The summed E-state index contributed by atoms with van der Waals surface area (Å²) >= 11 is 0. The van der Waals surface area contributed by atoms with Crippen LogP contribution in [0.3, 0.4) is 0 Å². The Morgan fingerprint density at radius 2 is 1.94 bits per heavy atom. The first-order chi connectivity index (χ1) is 7.49. The van der Waals surface area contributed by atoms with E-state index in [0.717, 1.165) is 6.07 Å². The van der Waals surface area contributed by atoms with Gasteiger partial charge >= 0.3 is 6.18 Å². The monoisotopic (exact) mass is 236 g/mol. The molecule has 0 aliphatic carbocycles. The van der Waals surface area contributed by atoms with Gasteiger partial charge in [-0.15, -0.1) is 0 Å². The Morgan fingerprint density at radius 1 is 1.25 bits per heavy atom. The average Bonchev–Trinajstić information content (AvgIpc) is 2.25. The fraction of sp³-hybridized carbons (Fsp3) is 0.400. The highest BCUT2D eigenvalue weighted by Crippen LogP contribution is 2.35. The third-order valence-corrected chi connectivity index (χ3v) is 2.00. The molecular weight excluding hydrogens is 224 g/mol. The predicted octanol–water partition coefficient (Wildman–Crippen LogP) is 2.55. The first-order valence-corrected chi connectivity index (χ1v) is 4.69. The Balaban J connectivity index is 3.06. The van der Waals surface area contributed by atoms with Gasteiger partial charge in [0, 0.05) is 18.8 Å². The SMILES string of the molecule is NCCNc1ccc(CF)cc1C(F)(F)F. The molecule has 0 atom stereocenters. The van der Waals surface area contributed by atoms with E-state index < -0.39 is 18.4 Å². The molecule has 0 aromatic heterocycles. The topological polar surface area (TPSA) is 38.0 Å². The number of hydrogen-bond acceptors (Lipinski definition) is 2. The summed E-state index contributed by atoms with van der Waals surface area (Å²) in [6, 6.07) is 3.33. The van der Waals surface area contributed by atoms with E-state index in [0.29, 0.717) is 0 Å². The van der Waals surface area contributed by atoms with Crippen molar-refractivity contribution in [2.75, 3.05) is 18.4 Å². The molecule has 90 valence electrons. The summed E-state index contributed by atoms with van der Waals surface area (Å²) < 4.78 is 50.1. The van der Waals surface area contributed by atoms with E-state index in [1.807, 2.05) is 0 Å². The zero-order valence-electron chi connectivity index (χ0n) is 8.44. The maximum Gasteiger partial charge on any atom is 0.418 e. The van der Waals surface area contributed by atoms with Gasteiger partial charge in [-0.2, -0.15) is 13.2 Å². The molecule has 0 saturated heterocycles. The smallest absolute Gasteiger partial charge is 0.383 e. The number of rotatable bonds is 4. The standard InChI is InChI=1S/C10H12F4N2/c11-6-7-1-2-9(16-4-3-15)8(5-7)10(12,13)14/h1-2,5,16H,3-4,6,15H2. The summed E-state index contributed by atoms with van der Waals surface area (Å²) in [7, 11) is 0. The van der Waals surface area contributed by atoms with Crippen LogP contribution < -0.4 is 11.1 Å². The van der Waals surface area contributed by atoms with Crippen LogP contribution in [0.1, 0.15) is 11.1 Å². The third kappa shape index (κ3) is 3.10. The van der Waals surface area contributed by atoms with Crippen LogP contribution in [0, 0.1) is 0 Å². The quantitative estimate of drug-likeness (QED) is 0.788. The fourth-order valence-electron chi connectivity index (χ4n) is 1.27. The maximum atomic E-state index is 12.6. The van der Waals surface area contributed by atoms with Gasteiger partial charge < -0.3 is 11.1 Å². The van der Waals surface area contributed by atoms with Crippen LogP contribution in [0.5, 0.6) is 0 Å². The van der Waals surface area contributed by atoms with Gasteiger partial charge in [0.25, 0.3) is 0 Å². The molecule has 1 rings (SSSR count). The molecule has 0 aliphatic rings. The zero-order valence-corrected chi connectivity index (χ0v) is 8.44. The number of alkyl halides is 4. The molecular formula is C10H12F4N2. The molecule has 0 heterocycles. The Morgan fingerprint density at radius 3 is 2.44 bits per heavy atom. The highest BCUT2D eigenvalue weighted by Gasteiger charge is 2.33. The van der Waals surface area contributed by atoms with Crippen molar-refractivity contribution in [2.24, 2.45) is 5.73 Å². The Labute approximate surface area is 90.4 Å². The lowest BCUT2D eigenvalue weighted by Crippen LogP contribution is -2.17. The Kier molecular flexibility index (Phi) is 4.12. The molecule has 6 heteroatoms. The van der Waals surface area contributed by atoms with Crippen molar-refractivity contribution in [2.45, 2.75) is 12.9 Å². The van der Waals surface area contributed by atoms with Gasteiger partial charge in [0.2, 0.25) is 0 Å². The first kappa shape index (κ1) is 12.8. The van der Waals surface area contributed by atoms with E-state index in [1.165, 1.54) is 12.1 Å². The Bertz CT molecular complexity index is 349. The average molecular weight is 236 g/mol. The maximum absolute atomic E-state index is 12.6. The molecule has 1 aromatic carbocycles. The summed E-state index contributed by atoms with van der Waals surface area (Å²) in [5.41, 5.74) is 4.25. The van der Waals surface area contributed by atoms with Crippen LogP contribution in [0.25, 0.3) is 0 Å². The second-order valence-electron chi connectivity index (χ2n) is 3.23. The number of halogens is 4. The van der Waals surface area contributed by atoms with E-state index >= 15 is 0 Å². The minimum Gasteiger partial charge on any atom is -0.383 e. The minimum atomic E-state index is -4.50. The van der Waals surface area contributed by atoms with Gasteiger partial charge in [0.1, 0.15) is 6.67 Å². The zero-order chi connectivity index (χ0) is 12.2. The minimum absolute atomic E-state index is 0.00521. The molecule has 0 amide bonds. The van der Waals surface area contributed by atoms with Crippen molar-refractivity contribution in [1.29, 1.82) is 0 Å². The molecule has 0 spiro atoms. The van der Waals surface area contributed by atoms with Crippen LogP contribution in [0.4, 0.5) is 23.2 Å². The van der Waals surface area contributed by atoms with Crippen molar-refractivity contribution < 1.29 is 17.6 Å². The van der Waals surface area contributed by atoms with E-state index in [1.54, 1.807) is 0 Å². The Hall–Kier alpha value is -1.30. The summed E-state index contributed by atoms with van der Waals surface area (Å²) in [6.45, 7) is -0.458. The van der Waals surface area contributed by atoms with E-state index in [2.05, 4.69) is 5.32 Å². The van der Waals surface area contributed by atoms with Crippen LogP contribution in [0.2, 0.25) is 0 Å². The van der Waals surface area contributed by atoms with Gasteiger partial charge in [0.15, 0.2) is 0 Å². The van der Waals surface area contributed by atoms with Crippen LogP contribution in [-0.4, -0.2) is 13.1 Å².